The third-order valence-corrected chi connectivity index (χ3v) is 9.61. The number of aromatic amines is 2. The van der Waals surface area contributed by atoms with Gasteiger partial charge in [-0.2, -0.15) is 0 Å². The number of hydrogen-bond donors (Lipinski definition) is 7. The van der Waals surface area contributed by atoms with E-state index in [9.17, 15) is 24.0 Å². The monoisotopic (exact) mass is 666 g/mol. The number of benzene rings is 2. The molecule has 0 bridgehead atoms. The number of aryl methyl sites for hydroxylation is 1. The van der Waals surface area contributed by atoms with Gasteiger partial charge in [-0.25, -0.2) is 4.79 Å². The first-order valence-electron chi connectivity index (χ1n) is 16.8. The summed E-state index contributed by atoms with van der Waals surface area (Å²) in [5.41, 5.74) is 10.8. The van der Waals surface area contributed by atoms with Crippen LogP contribution in [0.15, 0.2) is 59.5 Å². The van der Waals surface area contributed by atoms with Crippen LogP contribution in [0.5, 0.6) is 0 Å². The number of carbonyl (C=O) groups is 4. The molecule has 13 nitrogen and oxygen atoms in total. The molecule has 3 heterocycles. The number of amides is 4. The van der Waals surface area contributed by atoms with Crippen LogP contribution >= 0.6 is 0 Å². The van der Waals surface area contributed by atoms with Crippen LogP contribution < -0.4 is 32.7 Å². The van der Waals surface area contributed by atoms with Crippen LogP contribution in [-0.4, -0.2) is 63.8 Å². The van der Waals surface area contributed by atoms with Crippen molar-refractivity contribution >= 4 is 40.3 Å². The Hall–Kier alpha value is -5.30. The van der Waals surface area contributed by atoms with Crippen LogP contribution in [0.4, 0.5) is 5.69 Å². The molecule has 1 aliphatic carbocycles. The molecular formula is C36H42N8O5. The maximum Gasteiger partial charge on any atom is 0.323 e. The number of anilines is 1. The molecule has 256 valence electrons. The highest BCUT2D eigenvalue weighted by molar-refractivity contribution is 5.99. The lowest BCUT2D eigenvalue weighted by atomic mass is 9.81. The van der Waals surface area contributed by atoms with Gasteiger partial charge in [-0.15, -0.1) is 0 Å². The first-order chi connectivity index (χ1) is 23.7. The SMILES string of the molecule is Cc1cc(C(=O)N[C@@H]2CCCNC2=O)ncc1-c1ccc(C[C@H](NC(=O)[C@H]2CC[C@H](CN)CC2)C(=O)Nc2ccc3[nH]c(=O)[nH]c3c2)cc1. The molecule has 2 fully saturated rings. The standard InChI is InChI=1S/C36H42N8O5/c1-20-15-30(34(47)41-28-3-2-14-38-33(28)46)39-19-26(20)23-8-4-21(5-9-23)16-31(42-32(45)24-10-6-22(18-37)7-11-24)35(48)40-25-12-13-27-29(17-25)44-36(49)43-27/h4-5,8-9,12-13,15,17,19,22,24,28,31H,2-3,6-7,10-11,14,16,18,37H2,1H3,(H,38,46)(H,40,48)(H,41,47)(H,42,45)(H2,43,44,49)/t22-,24-,28-,31+/m1/s1. The Morgan fingerprint density at radius 3 is 2.43 bits per heavy atom. The van der Waals surface area contributed by atoms with E-state index in [0.717, 1.165) is 54.4 Å². The molecule has 1 saturated heterocycles. The fourth-order valence-electron chi connectivity index (χ4n) is 6.68. The zero-order valence-electron chi connectivity index (χ0n) is 27.4. The van der Waals surface area contributed by atoms with Gasteiger partial charge < -0.3 is 37.0 Å². The molecule has 4 amide bonds. The van der Waals surface area contributed by atoms with E-state index in [4.69, 9.17) is 5.73 Å². The van der Waals surface area contributed by atoms with Gasteiger partial charge in [0.1, 0.15) is 17.8 Å². The summed E-state index contributed by atoms with van der Waals surface area (Å²) in [7, 11) is 0. The van der Waals surface area contributed by atoms with Crippen molar-refractivity contribution in [3.05, 3.63) is 82.0 Å². The van der Waals surface area contributed by atoms with Crippen LogP contribution in [0.25, 0.3) is 22.2 Å². The Labute approximate surface area is 283 Å². The van der Waals surface area contributed by atoms with E-state index >= 15 is 0 Å². The van der Waals surface area contributed by atoms with Crippen molar-refractivity contribution in [2.24, 2.45) is 17.6 Å². The van der Waals surface area contributed by atoms with Crippen LogP contribution in [0.2, 0.25) is 0 Å². The van der Waals surface area contributed by atoms with Crippen molar-refractivity contribution in [1.29, 1.82) is 0 Å². The number of fused-ring (bicyclic) bond motifs is 1. The van der Waals surface area contributed by atoms with Crippen molar-refractivity contribution in [2.75, 3.05) is 18.4 Å². The maximum absolute atomic E-state index is 13.7. The minimum absolute atomic E-state index is 0.146. The number of aromatic nitrogens is 3. The second-order valence-corrected chi connectivity index (χ2v) is 13.1. The van der Waals surface area contributed by atoms with Crippen molar-refractivity contribution < 1.29 is 19.2 Å². The molecule has 1 saturated carbocycles. The number of nitrogens with two attached hydrogens (primary N) is 1. The summed E-state index contributed by atoms with van der Waals surface area (Å²) >= 11 is 0. The van der Waals surface area contributed by atoms with Gasteiger partial charge in [0.25, 0.3) is 5.91 Å². The number of carbonyl (C=O) groups excluding carboxylic acids is 4. The van der Waals surface area contributed by atoms with E-state index in [1.165, 1.54) is 0 Å². The van der Waals surface area contributed by atoms with E-state index in [1.807, 2.05) is 31.2 Å². The lowest BCUT2D eigenvalue weighted by Gasteiger charge is -2.28. The highest BCUT2D eigenvalue weighted by Crippen LogP contribution is 2.29. The summed E-state index contributed by atoms with van der Waals surface area (Å²) in [6, 6.07) is 13.0. The number of hydrogen-bond acceptors (Lipinski definition) is 7. The zero-order chi connectivity index (χ0) is 34.5. The van der Waals surface area contributed by atoms with Gasteiger partial charge in [-0.1, -0.05) is 24.3 Å². The second-order valence-electron chi connectivity index (χ2n) is 13.1. The van der Waals surface area contributed by atoms with Gasteiger partial charge in [-0.05, 0) is 98.9 Å². The Morgan fingerprint density at radius 1 is 0.959 bits per heavy atom. The summed E-state index contributed by atoms with van der Waals surface area (Å²) in [6.45, 7) is 3.12. The normalized spacial score (nSPS) is 19.9. The molecule has 0 spiro atoms. The van der Waals surface area contributed by atoms with E-state index < -0.39 is 18.0 Å². The number of H-pyrrole nitrogens is 2. The summed E-state index contributed by atoms with van der Waals surface area (Å²) in [5.74, 6) is -0.849. The minimum atomic E-state index is -0.848. The predicted octanol–water partition coefficient (Wildman–Crippen LogP) is 2.67. The maximum atomic E-state index is 13.7. The molecule has 2 atom stereocenters. The van der Waals surface area contributed by atoms with E-state index in [-0.39, 0.29) is 41.4 Å². The lowest BCUT2D eigenvalue weighted by Crippen LogP contribution is -2.50. The third kappa shape index (κ3) is 8.06. The van der Waals surface area contributed by atoms with E-state index in [2.05, 4.69) is 36.2 Å². The lowest BCUT2D eigenvalue weighted by molar-refractivity contribution is -0.130. The van der Waals surface area contributed by atoms with E-state index in [0.29, 0.717) is 42.1 Å². The van der Waals surface area contributed by atoms with Crippen LogP contribution in [0.1, 0.15) is 60.1 Å². The Morgan fingerprint density at radius 2 is 1.71 bits per heavy atom. The number of rotatable bonds is 10. The quantitative estimate of drug-likeness (QED) is 0.135. The van der Waals surface area contributed by atoms with Crippen LogP contribution in [0.3, 0.4) is 0 Å². The first kappa shape index (κ1) is 33.6. The molecule has 6 rings (SSSR count). The first-order valence-corrected chi connectivity index (χ1v) is 16.8. The number of nitrogens with one attached hydrogen (secondary N) is 6. The van der Waals surface area contributed by atoms with Crippen molar-refractivity contribution in [3.8, 4) is 11.1 Å². The molecule has 49 heavy (non-hydrogen) atoms. The van der Waals surface area contributed by atoms with E-state index in [1.54, 1.807) is 30.5 Å². The van der Waals surface area contributed by atoms with Crippen LogP contribution in [-0.2, 0) is 20.8 Å². The number of piperidine rings is 1. The smallest absolute Gasteiger partial charge is 0.323 e. The molecule has 1 aliphatic heterocycles. The summed E-state index contributed by atoms with van der Waals surface area (Å²) in [5, 5.41) is 11.5. The number of nitrogens with zero attached hydrogens (tertiary/aromatic N) is 1. The van der Waals surface area contributed by atoms with Gasteiger partial charge in [0.15, 0.2) is 0 Å². The van der Waals surface area contributed by atoms with Crippen molar-refractivity contribution in [2.45, 2.75) is 64.0 Å². The van der Waals surface area contributed by atoms with Gasteiger partial charge in [0.05, 0.1) is 11.0 Å². The molecule has 4 aromatic rings. The summed E-state index contributed by atoms with van der Waals surface area (Å²) in [4.78, 5) is 73.4. The summed E-state index contributed by atoms with van der Waals surface area (Å²) in [6.07, 6.45) is 6.54. The van der Waals surface area contributed by atoms with Gasteiger partial charge in [0.2, 0.25) is 17.7 Å². The topological polar surface area (TPSA) is 204 Å². The summed E-state index contributed by atoms with van der Waals surface area (Å²) < 4.78 is 0. The number of pyridine rings is 1. The third-order valence-electron chi connectivity index (χ3n) is 9.61. The Bertz CT molecular complexity index is 1910. The Balaban J connectivity index is 1.15. The van der Waals surface area contributed by atoms with Crippen molar-refractivity contribution in [3.63, 3.8) is 0 Å². The highest BCUT2D eigenvalue weighted by Gasteiger charge is 2.30. The molecule has 2 aromatic heterocycles. The van der Waals surface area contributed by atoms with Crippen LogP contribution in [0, 0.1) is 18.8 Å². The largest absolute Gasteiger partial charge is 0.354 e. The minimum Gasteiger partial charge on any atom is -0.354 e. The zero-order valence-corrected chi connectivity index (χ0v) is 27.4. The molecule has 0 unspecified atom stereocenters. The predicted molar refractivity (Wildman–Crippen MR) is 186 cm³/mol. The fourth-order valence-corrected chi connectivity index (χ4v) is 6.68. The molecular weight excluding hydrogens is 624 g/mol. The molecule has 2 aliphatic rings. The molecule has 2 aromatic carbocycles. The fraction of sp³-hybridized carbons (Fsp3) is 0.389. The number of imidazole rings is 1. The van der Waals surface area contributed by atoms with Gasteiger partial charge >= 0.3 is 5.69 Å². The molecule has 8 N–H and O–H groups in total. The van der Waals surface area contributed by atoms with Gasteiger partial charge in [0, 0.05) is 36.3 Å². The average Bonchev–Trinajstić information content (AvgIpc) is 3.48. The average molecular weight is 667 g/mol. The van der Waals surface area contributed by atoms with Gasteiger partial charge in [-0.3, -0.25) is 24.2 Å². The van der Waals surface area contributed by atoms with Crippen molar-refractivity contribution in [1.82, 2.24) is 30.9 Å². The molecule has 13 heteroatoms. The molecule has 0 radical (unpaired) electrons. The Kier molecular flexibility index (Phi) is 10.2. The second kappa shape index (κ2) is 14.9. The highest BCUT2D eigenvalue weighted by atomic mass is 16.2.